The topological polar surface area (TPSA) is 65.0 Å². The van der Waals surface area contributed by atoms with Crippen LogP contribution in [0.1, 0.15) is 72.1 Å². The van der Waals surface area contributed by atoms with Crippen molar-refractivity contribution < 1.29 is 24.1 Å². The minimum Gasteiger partial charge on any atom is -0.459 e. The van der Waals surface area contributed by atoms with Crippen LogP contribution >= 0.6 is 0 Å². The Morgan fingerprint density at radius 1 is 1.27 bits per heavy atom. The van der Waals surface area contributed by atoms with E-state index in [1.54, 1.807) is 0 Å². The van der Waals surface area contributed by atoms with E-state index in [2.05, 4.69) is 27.4 Å². The highest BCUT2D eigenvalue weighted by atomic mass is 16.7. The monoisotopic (exact) mass is 418 g/mol. The van der Waals surface area contributed by atoms with E-state index in [1.807, 2.05) is 6.08 Å². The molecule has 0 bridgehead atoms. The number of aliphatic hydroxyl groups excluding tert-OH is 1. The van der Waals surface area contributed by atoms with Gasteiger partial charge >= 0.3 is 5.97 Å². The summed E-state index contributed by atoms with van der Waals surface area (Å²) in [6.07, 6.45) is 9.58. The molecule has 0 aromatic heterocycles. The summed E-state index contributed by atoms with van der Waals surface area (Å²) in [7, 11) is 0. The van der Waals surface area contributed by atoms with Gasteiger partial charge in [0.2, 0.25) is 0 Å². The van der Waals surface area contributed by atoms with Crippen LogP contribution in [-0.2, 0) is 19.0 Å². The van der Waals surface area contributed by atoms with Gasteiger partial charge in [0.15, 0.2) is 6.29 Å². The molecule has 168 valence electrons. The van der Waals surface area contributed by atoms with Gasteiger partial charge in [-0.1, -0.05) is 45.4 Å². The van der Waals surface area contributed by atoms with Crippen LogP contribution in [-0.4, -0.2) is 42.8 Å². The summed E-state index contributed by atoms with van der Waals surface area (Å²) in [6.45, 7) is 12.2. The van der Waals surface area contributed by atoms with Gasteiger partial charge in [0.05, 0.1) is 18.3 Å². The van der Waals surface area contributed by atoms with E-state index >= 15 is 0 Å². The average Bonchev–Trinajstić information content (AvgIpc) is 3.03. The largest absolute Gasteiger partial charge is 0.459 e. The van der Waals surface area contributed by atoms with Crippen LogP contribution in [0.3, 0.4) is 0 Å². The molecule has 0 spiro atoms. The van der Waals surface area contributed by atoms with Crippen molar-refractivity contribution in [3.63, 3.8) is 0 Å². The van der Waals surface area contributed by atoms with Crippen LogP contribution in [0, 0.1) is 22.7 Å². The highest BCUT2D eigenvalue weighted by molar-refractivity contribution is 5.91. The molecule has 0 aromatic carbocycles. The zero-order valence-electron chi connectivity index (χ0n) is 18.8. The predicted molar refractivity (Wildman–Crippen MR) is 115 cm³/mol. The zero-order chi connectivity index (χ0) is 21.5. The number of hydrogen-bond acceptors (Lipinski definition) is 5. The van der Waals surface area contributed by atoms with E-state index in [1.165, 1.54) is 5.57 Å². The molecule has 0 unspecified atom stereocenters. The summed E-state index contributed by atoms with van der Waals surface area (Å²) in [5, 5.41) is 10.1. The fraction of sp³-hybridized carbons (Fsp3) is 0.800. The van der Waals surface area contributed by atoms with Crippen molar-refractivity contribution in [2.45, 2.75) is 90.6 Å². The third-order valence-electron chi connectivity index (χ3n) is 8.55. The smallest absolute Gasteiger partial charge is 0.336 e. The molecule has 0 radical (unpaired) electrons. The van der Waals surface area contributed by atoms with Crippen molar-refractivity contribution in [3.05, 3.63) is 23.8 Å². The molecule has 5 heteroatoms. The van der Waals surface area contributed by atoms with Gasteiger partial charge in [-0.2, -0.15) is 0 Å². The van der Waals surface area contributed by atoms with E-state index in [9.17, 15) is 9.90 Å². The predicted octanol–water partition coefficient (Wildman–Crippen LogP) is 4.54. The second kappa shape index (κ2) is 8.40. The number of carbonyl (C=O) groups is 1. The summed E-state index contributed by atoms with van der Waals surface area (Å²) in [5.74, 6) is 0.402. The zero-order valence-corrected chi connectivity index (χ0v) is 18.8. The van der Waals surface area contributed by atoms with Gasteiger partial charge in [-0.3, -0.25) is 0 Å². The van der Waals surface area contributed by atoms with Crippen LogP contribution < -0.4 is 0 Å². The van der Waals surface area contributed by atoms with Crippen molar-refractivity contribution in [1.29, 1.82) is 0 Å². The lowest BCUT2D eigenvalue weighted by Gasteiger charge is -2.62. The number of unbranched alkanes of at least 4 members (excludes halogenated alkanes) is 1. The third kappa shape index (κ3) is 3.67. The van der Waals surface area contributed by atoms with Crippen molar-refractivity contribution in [1.82, 2.24) is 0 Å². The molecule has 5 nitrogen and oxygen atoms in total. The molecule has 2 aliphatic heterocycles. The van der Waals surface area contributed by atoms with E-state index in [4.69, 9.17) is 14.2 Å². The van der Waals surface area contributed by atoms with Gasteiger partial charge in [-0.05, 0) is 62.2 Å². The van der Waals surface area contributed by atoms with E-state index in [0.29, 0.717) is 17.4 Å². The Hall–Kier alpha value is -1.17. The average molecular weight is 419 g/mol. The first-order valence-corrected chi connectivity index (χ1v) is 11.8. The Morgan fingerprint density at radius 2 is 2.07 bits per heavy atom. The molecule has 0 aromatic rings. The maximum absolute atomic E-state index is 11.9. The quantitative estimate of drug-likeness (QED) is 0.403. The molecule has 4 fully saturated rings. The maximum atomic E-state index is 11.9. The lowest BCUT2D eigenvalue weighted by molar-refractivity contribution is -0.304. The number of hydrogen-bond donors (Lipinski definition) is 1. The Kier molecular flexibility index (Phi) is 6.17. The van der Waals surface area contributed by atoms with Gasteiger partial charge in [0.25, 0.3) is 0 Å². The molecule has 1 N–H and O–H groups in total. The van der Waals surface area contributed by atoms with Crippen LogP contribution in [0.15, 0.2) is 23.8 Å². The highest BCUT2D eigenvalue weighted by Gasteiger charge is 2.60. The number of esters is 1. The van der Waals surface area contributed by atoms with E-state index < -0.39 is 6.10 Å². The molecule has 4 rings (SSSR count). The number of aliphatic hydroxyl groups is 1. The summed E-state index contributed by atoms with van der Waals surface area (Å²) in [5.41, 5.74) is 1.78. The molecule has 30 heavy (non-hydrogen) atoms. The van der Waals surface area contributed by atoms with Crippen LogP contribution in [0.4, 0.5) is 0 Å². The second-order valence-electron chi connectivity index (χ2n) is 10.4. The minimum absolute atomic E-state index is 0.00755. The highest BCUT2D eigenvalue weighted by Crippen LogP contribution is 2.63. The number of carbonyl (C=O) groups excluding carboxylic acids is 1. The molecule has 2 heterocycles. The third-order valence-corrected chi connectivity index (χ3v) is 8.55. The summed E-state index contributed by atoms with van der Waals surface area (Å²) in [6, 6.07) is 0. The SMILES string of the molecule is C=C1CC[C@@H]2[C@]3(C)CO[C@@H](CCCC)O[C@@H]3CC[C@@]2(C)[C@@H]1C/C=C1/C(=O)OC[C@H]1O. The first-order valence-electron chi connectivity index (χ1n) is 11.8. The van der Waals surface area contributed by atoms with E-state index in [-0.39, 0.29) is 35.8 Å². The van der Waals surface area contributed by atoms with Crippen LogP contribution in [0.2, 0.25) is 0 Å². The van der Waals surface area contributed by atoms with Gasteiger partial charge < -0.3 is 19.3 Å². The van der Waals surface area contributed by atoms with Gasteiger partial charge in [0.1, 0.15) is 12.7 Å². The summed E-state index contributed by atoms with van der Waals surface area (Å²) < 4.78 is 17.7. The van der Waals surface area contributed by atoms with E-state index in [0.717, 1.165) is 58.0 Å². The van der Waals surface area contributed by atoms with Crippen molar-refractivity contribution in [2.24, 2.45) is 22.7 Å². The number of allylic oxidation sites excluding steroid dienone is 2. The Labute approximate surface area is 180 Å². The van der Waals surface area contributed by atoms with Gasteiger partial charge in [0, 0.05) is 5.41 Å². The van der Waals surface area contributed by atoms with Crippen LogP contribution in [0.5, 0.6) is 0 Å². The normalized spacial score (nSPS) is 45.2. The molecule has 2 aliphatic carbocycles. The standard InChI is InChI=1S/C25H38O5/c1-5-6-7-22-29-15-25(4)20-11-8-16(2)18(24(20,3)13-12-21(25)30-22)10-9-17-19(26)14-28-23(17)27/h9,18-22,26H,2,5-8,10-15H2,1,3-4H3/b17-9+/t18-,19-,20+,21-,22-,24+,25+/m1/s1. The van der Waals surface area contributed by atoms with Gasteiger partial charge in [-0.25, -0.2) is 4.79 Å². The Morgan fingerprint density at radius 3 is 2.77 bits per heavy atom. The maximum Gasteiger partial charge on any atom is 0.336 e. The summed E-state index contributed by atoms with van der Waals surface area (Å²) in [4.78, 5) is 11.9. The first kappa shape index (κ1) is 22.0. The molecule has 2 saturated heterocycles. The first-order chi connectivity index (χ1) is 14.3. The number of cyclic esters (lactones) is 1. The number of fused-ring (bicyclic) bond motifs is 3. The Balaban J connectivity index is 1.53. The molecule has 7 atom stereocenters. The lowest BCUT2D eigenvalue weighted by atomic mass is 9.46. The number of ether oxygens (including phenoxy) is 3. The molecule has 2 saturated carbocycles. The Bertz CT molecular complexity index is 714. The van der Waals surface area contributed by atoms with Crippen molar-refractivity contribution in [3.8, 4) is 0 Å². The summed E-state index contributed by atoms with van der Waals surface area (Å²) >= 11 is 0. The molecular formula is C25H38O5. The second-order valence-corrected chi connectivity index (χ2v) is 10.4. The fourth-order valence-electron chi connectivity index (χ4n) is 6.77. The minimum atomic E-state index is -0.800. The fourth-order valence-corrected chi connectivity index (χ4v) is 6.77. The number of rotatable bonds is 5. The molecule has 0 amide bonds. The van der Waals surface area contributed by atoms with Crippen molar-refractivity contribution >= 4 is 5.97 Å². The van der Waals surface area contributed by atoms with Crippen molar-refractivity contribution in [2.75, 3.05) is 13.2 Å². The van der Waals surface area contributed by atoms with Gasteiger partial charge in [-0.15, -0.1) is 0 Å². The lowest BCUT2D eigenvalue weighted by Crippen LogP contribution is -2.61. The van der Waals surface area contributed by atoms with Crippen LogP contribution in [0.25, 0.3) is 0 Å². The molecular weight excluding hydrogens is 380 g/mol. The molecule has 4 aliphatic rings.